The molecule has 0 aliphatic heterocycles. The standard InChI is InChI=1S/C56H38/c1-55(2)47-27-35(41-23-37-15-11-31-7-5-8-32-12-16-38(24-41)53(37)51(31)32)19-21-43(47)45-30-50-46(29-49(45)55)44-22-20-36(28-48(44)56(50,3)4)42-25-39-17-13-33-9-6-10-34-14-18-40(26-42)54(39)52(33)34/h5-30H,1-4H3. The molecule has 0 fully saturated rings. The molecular formula is C56H38. The van der Waals surface area contributed by atoms with Gasteiger partial charge in [0.25, 0.3) is 0 Å². The summed E-state index contributed by atoms with van der Waals surface area (Å²) in [5.74, 6) is 0. The molecule has 0 bridgehead atoms. The molecule has 0 unspecified atom stereocenters. The fourth-order valence-corrected chi connectivity index (χ4v) is 11.2. The highest BCUT2D eigenvalue weighted by molar-refractivity contribution is 6.25. The molecule has 13 rings (SSSR count). The minimum Gasteiger partial charge on any atom is -0.0610 e. The molecule has 0 amide bonds. The Morgan fingerprint density at radius 1 is 0.250 bits per heavy atom. The zero-order chi connectivity index (χ0) is 37.2. The van der Waals surface area contributed by atoms with Crippen molar-refractivity contribution >= 4 is 64.6 Å². The van der Waals surface area contributed by atoms with E-state index in [1.807, 2.05) is 0 Å². The molecule has 0 aromatic heterocycles. The van der Waals surface area contributed by atoms with E-state index in [1.165, 1.54) is 131 Å². The maximum Gasteiger partial charge on any atom is 0.0159 e. The first-order valence-corrected chi connectivity index (χ1v) is 20.1. The van der Waals surface area contributed by atoms with Crippen LogP contribution in [-0.2, 0) is 10.8 Å². The van der Waals surface area contributed by atoms with Gasteiger partial charge in [-0.15, -0.1) is 0 Å². The molecule has 56 heavy (non-hydrogen) atoms. The fraction of sp³-hybridized carbons (Fsp3) is 0.107. The largest absolute Gasteiger partial charge is 0.0610 e. The first-order chi connectivity index (χ1) is 27.2. The monoisotopic (exact) mass is 710 g/mol. The van der Waals surface area contributed by atoms with Gasteiger partial charge in [-0.25, -0.2) is 0 Å². The summed E-state index contributed by atoms with van der Waals surface area (Å²) in [5, 5.41) is 16.0. The van der Waals surface area contributed by atoms with Crippen molar-refractivity contribution in [1.29, 1.82) is 0 Å². The van der Waals surface area contributed by atoms with E-state index in [0.717, 1.165) is 0 Å². The molecule has 2 aliphatic rings. The zero-order valence-corrected chi connectivity index (χ0v) is 32.0. The maximum absolute atomic E-state index is 2.54. The lowest BCUT2D eigenvalue weighted by Gasteiger charge is -2.24. The Labute approximate surface area is 326 Å². The van der Waals surface area contributed by atoms with Gasteiger partial charge in [-0.3, -0.25) is 0 Å². The number of fused-ring (bicyclic) bond motifs is 6. The van der Waals surface area contributed by atoms with Gasteiger partial charge in [-0.1, -0.05) is 137 Å². The highest BCUT2D eigenvalue weighted by Gasteiger charge is 2.42. The summed E-state index contributed by atoms with van der Waals surface area (Å²) in [5.41, 5.74) is 16.1. The second kappa shape index (κ2) is 10.2. The first kappa shape index (κ1) is 30.8. The van der Waals surface area contributed by atoms with Gasteiger partial charge >= 0.3 is 0 Å². The Morgan fingerprint density at radius 2 is 0.554 bits per heavy atom. The lowest BCUT2D eigenvalue weighted by Crippen LogP contribution is -2.17. The van der Waals surface area contributed by atoms with Crippen molar-refractivity contribution in [1.82, 2.24) is 0 Å². The van der Waals surface area contributed by atoms with E-state index < -0.39 is 0 Å². The highest BCUT2D eigenvalue weighted by Crippen LogP contribution is 2.57. The van der Waals surface area contributed by atoms with Crippen LogP contribution in [0.1, 0.15) is 49.9 Å². The van der Waals surface area contributed by atoms with Crippen LogP contribution >= 0.6 is 0 Å². The summed E-state index contributed by atoms with van der Waals surface area (Å²) < 4.78 is 0. The van der Waals surface area contributed by atoms with Crippen molar-refractivity contribution < 1.29 is 0 Å². The average Bonchev–Trinajstić information content (AvgIpc) is 3.59. The van der Waals surface area contributed by atoms with E-state index in [9.17, 15) is 0 Å². The van der Waals surface area contributed by atoms with Gasteiger partial charge in [0, 0.05) is 10.8 Å². The summed E-state index contributed by atoms with van der Waals surface area (Å²) in [6.45, 7) is 9.69. The molecule has 11 aromatic carbocycles. The average molecular weight is 711 g/mol. The van der Waals surface area contributed by atoms with Crippen LogP contribution in [0, 0.1) is 0 Å². The Balaban J connectivity index is 0.908. The molecule has 0 heterocycles. The predicted molar refractivity (Wildman–Crippen MR) is 240 cm³/mol. The van der Waals surface area contributed by atoms with Crippen LogP contribution in [0.5, 0.6) is 0 Å². The molecule has 0 saturated heterocycles. The van der Waals surface area contributed by atoms with Crippen molar-refractivity contribution in [2.24, 2.45) is 0 Å². The van der Waals surface area contributed by atoms with Crippen LogP contribution in [0.4, 0.5) is 0 Å². The van der Waals surface area contributed by atoms with Gasteiger partial charge in [-0.05, 0) is 180 Å². The second-order valence-corrected chi connectivity index (χ2v) is 17.7. The molecular weight excluding hydrogens is 673 g/mol. The number of rotatable bonds is 2. The molecule has 262 valence electrons. The molecule has 0 spiro atoms. The third kappa shape index (κ3) is 3.84. The van der Waals surface area contributed by atoms with Crippen LogP contribution in [0.25, 0.3) is 109 Å². The third-order valence-electron chi connectivity index (χ3n) is 14.1. The molecule has 0 atom stereocenters. The van der Waals surface area contributed by atoms with Crippen molar-refractivity contribution in [2.75, 3.05) is 0 Å². The molecule has 0 heteroatoms. The number of benzene rings is 11. The van der Waals surface area contributed by atoms with Crippen molar-refractivity contribution in [2.45, 2.75) is 38.5 Å². The zero-order valence-electron chi connectivity index (χ0n) is 32.0. The van der Waals surface area contributed by atoms with Crippen LogP contribution < -0.4 is 0 Å². The minimum absolute atomic E-state index is 0.122. The highest BCUT2D eigenvalue weighted by atomic mass is 14.4. The molecule has 0 saturated carbocycles. The van der Waals surface area contributed by atoms with Gasteiger partial charge in [0.05, 0.1) is 0 Å². The third-order valence-corrected chi connectivity index (χ3v) is 14.1. The topological polar surface area (TPSA) is 0 Å². The summed E-state index contributed by atoms with van der Waals surface area (Å²) in [6.07, 6.45) is 0. The van der Waals surface area contributed by atoms with Crippen LogP contribution in [0.3, 0.4) is 0 Å². The smallest absolute Gasteiger partial charge is 0.0159 e. The number of hydrogen-bond acceptors (Lipinski definition) is 0. The second-order valence-electron chi connectivity index (χ2n) is 17.7. The normalized spacial score (nSPS) is 15.1. The van der Waals surface area contributed by atoms with Gasteiger partial charge in [0.15, 0.2) is 0 Å². The van der Waals surface area contributed by atoms with Crippen molar-refractivity contribution in [3.63, 3.8) is 0 Å². The van der Waals surface area contributed by atoms with Crippen LogP contribution in [0.2, 0.25) is 0 Å². The molecule has 0 radical (unpaired) electrons. The molecule has 0 N–H and O–H groups in total. The summed E-state index contributed by atoms with van der Waals surface area (Å²) in [7, 11) is 0. The van der Waals surface area contributed by atoms with Gasteiger partial charge in [0.1, 0.15) is 0 Å². The van der Waals surface area contributed by atoms with Crippen LogP contribution in [-0.4, -0.2) is 0 Å². The van der Waals surface area contributed by atoms with E-state index in [1.54, 1.807) is 0 Å². The minimum atomic E-state index is -0.122. The van der Waals surface area contributed by atoms with E-state index in [-0.39, 0.29) is 10.8 Å². The molecule has 2 aliphatic carbocycles. The Kier molecular flexibility index (Phi) is 5.62. The molecule has 11 aromatic rings. The number of hydrogen-bond donors (Lipinski definition) is 0. The summed E-state index contributed by atoms with van der Waals surface area (Å²) in [6, 6.07) is 60.7. The fourth-order valence-electron chi connectivity index (χ4n) is 11.2. The van der Waals surface area contributed by atoms with Gasteiger partial charge in [0.2, 0.25) is 0 Å². The summed E-state index contributed by atoms with van der Waals surface area (Å²) in [4.78, 5) is 0. The maximum atomic E-state index is 2.54. The van der Waals surface area contributed by atoms with Gasteiger partial charge in [-0.2, -0.15) is 0 Å². The summed E-state index contributed by atoms with van der Waals surface area (Å²) >= 11 is 0. The Morgan fingerprint density at radius 3 is 0.911 bits per heavy atom. The Hall–Kier alpha value is -6.50. The quantitative estimate of drug-likeness (QED) is 0.157. The van der Waals surface area contributed by atoms with Crippen LogP contribution in [0.15, 0.2) is 158 Å². The van der Waals surface area contributed by atoms with E-state index in [4.69, 9.17) is 0 Å². The van der Waals surface area contributed by atoms with Gasteiger partial charge < -0.3 is 0 Å². The van der Waals surface area contributed by atoms with E-state index >= 15 is 0 Å². The predicted octanol–water partition coefficient (Wildman–Crippen LogP) is 15.4. The van der Waals surface area contributed by atoms with Crippen molar-refractivity contribution in [3.8, 4) is 44.5 Å². The lowest BCUT2D eigenvalue weighted by molar-refractivity contribution is 0.652. The Bertz CT molecular complexity index is 3150. The van der Waals surface area contributed by atoms with E-state index in [2.05, 4.69) is 185 Å². The lowest BCUT2D eigenvalue weighted by atomic mass is 9.79. The SMILES string of the molecule is CC1(C)c2cc(-c3cc4ccc5cccc6ccc(c3)c4c56)ccc2-c2cc3c(cc21)-c1ccc(-c2cc4ccc5cccc6ccc(c2)c4c56)cc1C3(C)C. The van der Waals surface area contributed by atoms with Crippen molar-refractivity contribution in [3.05, 3.63) is 180 Å². The van der Waals surface area contributed by atoms with E-state index in [0.29, 0.717) is 0 Å². The molecule has 0 nitrogen and oxygen atoms in total. The first-order valence-electron chi connectivity index (χ1n) is 20.1.